The second-order valence-electron chi connectivity index (χ2n) is 4.19. The molecule has 0 bridgehead atoms. The van der Waals surface area contributed by atoms with Crippen molar-refractivity contribution in [2.45, 2.75) is 11.3 Å². The van der Waals surface area contributed by atoms with Crippen molar-refractivity contribution in [3.05, 3.63) is 29.8 Å². The molecule has 0 spiro atoms. The third-order valence-corrected chi connectivity index (χ3v) is 5.35. The maximum absolute atomic E-state index is 11.9. The van der Waals surface area contributed by atoms with Gasteiger partial charge >= 0.3 is 0 Å². The van der Waals surface area contributed by atoms with Crippen molar-refractivity contribution in [1.82, 2.24) is 5.32 Å². The highest BCUT2D eigenvalue weighted by molar-refractivity contribution is 7.92. The number of hydrogen-bond donors (Lipinski definition) is 1. The second kappa shape index (κ2) is 3.46. The Balaban J connectivity index is 2.08. The molecule has 5 heteroatoms. The van der Waals surface area contributed by atoms with Gasteiger partial charge in [0.25, 0.3) is 0 Å². The first-order valence-corrected chi connectivity index (χ1v) is 7.07. The van der Waals surface area contributed by atoms with Gasteiger partial charge in [0.2, 0.25) is 0 Å². The molecular formula is C11H13NO3S. The van der Waals surface area contributed by atoms with E-state index in [1.54, 1.807) is 0 Å². The zero-order valence-electron chi connectivity index (χ0n) is 8.72. The highest BCUT2D eigenvalue weighted by Crippen LogP contribution is 2.36. The van der Waals surface area contributed by atoms with Gasteiger partial charge in [-0.3, -0.25) is 0 Å². The standard InChI is InChI=1S/C11H13NO3S/c13-16(14)6-5-12-11-8-3-1-2-4-9(8)15-7-10(11)16/h1-4,10-12H,5-7H2. The molecular weight excluding hydrogens is 226 g/mol. The van der Waals surface area contributed by atoms with Crippen LogP contribution in [0.4, 0.5) is 0 Å². The highest BCUT2D eigenvalue weighted by Gasteiger charge is 2.41. The molecule has 86 valence electrons. The topological polar surface area (TPSA) is 55.4 Å². The predicted octanol–water partition coefficient (Wildman–Crippen LogP) is 0.507. The lowest BCUT2D eigenvalue weighted by atomic mass is 10.00. The van der Waals surface area contributed by atoms with Gasteiger partial charge in [-0.15, -0.1) is 0 Å². The summed E-state index contributed by atoms with van der Waals surface area (Å²) in [6.45, 7) is 0.787. The van der Waals surface area contributed by atoms with Crippen LogP contribution in [0.1, 0.15) is 11.6 Å². The molecule has 0 aromatic heterocycles. The molecule has 16 heavy (non-hydrogen) atoms. The predicted molar refractivity (Wildman–Crippen MR) is 60.3 cm³/mol. The average Bonchev–Trinajstić information content (AvgIpc) is 2.28. The minimum Gasteiger partial charge on any atom is -0.492 e. The van der Waals surface area contributed by atoms with Crippen LogP contribution in [0, 0.1) is 0 Å². The van der Waals surface area contributed by atoms with Gasteiger partial charge in [-0.2, -0.15) is 0 Å². The largest absolute Gasteiger partial charge is 0.492 e. The van der Waals surface area contributed by atoms with Crippen LogP contribution < -0.4 is 10.1 Å². The van der Waals surface area contributed by atoms with Gasteiger partial charge in [-0.05, 0) is 6.07 Å². The number of benzene rings is 1. The molecule has 1 fully saturated rings. The van der Waals surface area contributed by atoms with Crippen LogP contribution >= 0.6 is 0 Å². The van der Waals surface area contributed by atoms with E-state index in [-0.39, 0.29) is 18.4 Å². The van der Waals surface area contributed by atoms with Crippen LogP contribution in [0.5, 0.6) is 5.75 Å². The molecule has 3 rings (SSSR count). The van der Waals surface area contributed by atoms with E-state index in [0.717, 1.165) is 11.3 Å². The Bertz CT molecular complexity index is 512. The van der Waals surface area contributed by atoms with Crippen molar-refractivity contribution in [2.24, 2.45) is 0 Å². The maximum atomic E-state index is 11.9. The van der Waals surface area contributed by atoms with Crippen LogP contribution in [-0.4, -0.2) is 32.6 Å². The summed E-state index contributed by atoms with van der Waals surface area (Å²) in [5.41, 5.74) is 0.960. The second-order valence-corrected chi connectivity index (χ2v) is 6.53. The summed E-state index contributed by atoms with van der Waals surface area (Å²) in [6.07, 6.45) is 0. The van der Waals surface area contributed by atoms with Crippen molar-refractivity contribution in [3.63, 3.8) is 0 Å². The van der Waals surface area contributed by atoms with Gasteiger partial charge in [0.1, 0.15) is 17.6 Å². The molecule has 0 saturated carbocycles. The molecule has 0 amide bonds. The van der Waals surface area contributed by atoms with Gasteiger partial charge in [0.05, 0.1) is 11.8 Å². The minimum atomic E-state index is -3.01. The highest BCUT2D eigenvalue weighted by atomic mass is 32.2. The van der Waals surface area contributed by atoms with Crippen LogP contribution in [0.15, 0.2) is 24.3 Å². The lowest BCUT2D eigenvalue weighted by Gasteiger charge is -2.37. The summed E-state index contributed by atoms with van der Waals surface area (Å²) in [5, 5.41) is 2.84. The molecule has 2 unspecified atom stereocenters. The zero-order valence-corrected chi connectivity index (χ0v) is 9.53. The molecule has 0 aliphatic carbocycles. The third kappa shape index (κ3) is 1.43. The number of nitrogens with one attached hydrogen (secondary N) is 1. The summed E-state index contributed by atoms with van der Waals surface area (Å²) in [7, 11) is -3.01. The van der Waals surface area contributed by atoms with Gasteiger partial charge in [0, 0.05) is 12.1 Å². The minimum absolute atomic E-state index is 0.108. The Labute approximate surface area is 94.5 Å². The fourth-order valence-electron chi connectivity index (χ4n) is 2.40. The molecule has 2 aliphatic rings. The lowest BCUT2D eigenvalue weighted by molar-refractivity contribution is 0.251. The van der Waals surface area contributed by atoms with E-state index in [0.29, 0.717) is 6.54 Å². The van der Waals surface area contributed by atoms with Crippen LogP contribution in [0.2, 0.25) is 0 Å². The number of sulfone groups is 1. The van der Waals surface area contributed by atoms with Gasteiger partial charge in [-0.1, -0.05) is 18.2 Å². The van der Waals surface area contributed by atoms with Gasteiger partial charge in [0.15, 0.2) is 9.84 Å². The van der Waals surface area contributed by atoms with Crippen molar-refractivity contribution in [2.75, 3.05) is 18.9 Å². The quantitative estimate of drug-likeness (QED) is 0.716. The molecule has 1 aromatic carbocycles. The summed E-state index contributed by atoms with van der Waals surface area (Å²) in [6, 6.07) is 7.52. The average molecular weight is 239 g/mol. The Kier molecular flexibility index (Phi) is 2.19. The first-order valence-electron chi connectivity index (χ1n) is 5.35. The van der Waals surface area contributed by atoms with Crippen molar-refractivity contribution >= 4 is 9.84 Å². The number of ether oxygens (including phenoxy) is 1. The SMILES string of the molecule is O=S1(=O)CCNC2c3ccccc3OCC21. The zero-order chi connectivity index (χ0) is 11.2. The molecule has 2 heterocycles. The van der Waals surface area contributed by atoms with E-state index < -0.39 is 15.1 Å². The Hall–Kier alpha value is -1.07. The number of hydrogen-bond acceptors (Lipinski definition) is 4. The summed E-state index contributed by atoms with van der Waals surface area (Å²) >= 11 is 0. The fourth-order valence-corrected chi connectivity index (χ4v) is 4.04. The van der Waals surface area contributed by atoms with E-state index in [1.165, 1.54) is 0 Å². The molecule has 2 aliphatic heterocycles. The summed E-state index contributed by atoms with van der Waals surface area (Å²) in [5.74, 6) is 1.01. The van der Waals surface area contributed by atoms with E-state index in [2.05, 4.69) is 5.32 Å². The molecule has 0 radical (unpaired) electrons. The number of rotatable bonds is 0. The monoisotopic (exact) mass is 239 g/mol. The van der Waals surface area contributed by atoms with E-state index in [4.69, 9.17) is 4.74 Å². The maximum Gasteiger partial charge on any atom is 0.159 e. The summed E-state index contributed by atoms with van der Waals surface area (Å²) in [4.78, 5) is 0. The number of fused-ring (bicyclic) bond motifs is 3. The first-order chi connectivity index (χ1) is 7.68. The lowest BCUT2D eigenvalue weighted by Crippen LogP contribution is -2.51. The van der Waals surface area contributed by atoms with Crippen molar-refractivity contribution in [3.8, 4) is 5.75 Å². The van der Waals surface area contributed by atoms with Gasteiger partial charge < -0.3 is 10.1 Å². The summed E-state index contributed by atoms with van der Waals surface area (Å²) < 4.78 is 29.3. The molecule has 4 nitrogen and oxygen atoms in total. The molecule has 1 aromatic rings. The van der Waals surface area contributed by atoms with Gasteiger partial charge in [-0.25, -0.2) is 8.42 Å². The van der Waals surface area contributed by atoms with Crippen molar-refractivity contribution < 1.29 is 13.2 Å². The Morgan fingerprint density at radius 2 is 2.12 bits per heavy atom. The van der Waals surface area contributed by atoms with E-state index >= 15 is 0 Å². The van der Waals surface area contributed by atoms with Crippen molar-refractivity contribution in [1.29, 1.82) is 0 Å². The number of para-hydroxylation sites is 1. The van der Waals surface area contributed by atoms with E-state index in [1.807, 2.05) is 24.3 Å². The van der Waals surface area contributed by atoms with Crippen LogP contribution in [0.3, 0.4) is 0 Å². The third-order valence-electron chi connectivity index (χ3n) is 3.24. The Morgan fingerprint density at radius 3 is 3.00 bits per heavy atom. The van der Waals surface area contributed by atoms with E-state index in [9.17, 15) is 8.42 Å². The van der Waals surface area contributed by atoms with Crippen LogP contribution in [0.25, 0.3) is 0 Å². The molecule has 2 atom stereocenters. The smallest absolute Gasteiger partial charge is 0.159 e. The molecule has 1 saturated heterocycles. The van der Waals surface area contributed by atoms with Crippen LogP contribution in [-0.2, 0) is 9.84 Å². The Morgan fingerprint density at radius 1 is 1.31 bits per heavy atom. The normalized spacial score (nSPS) is 31.0. The fraction of sp³-hybridized carbons (Fsp3) is 0.455. The molecule has 1 N–H and O–H groups in total. The first kappa shape index (κ1) is 10.1.